The zero-order chi connectivity index (χ0) is 18.7. The lowest BCUT2D eigenvalue weighted by atomic mass is 10.2. The summed E-state index contributed by atoms with van der Waals surface area (Å²) in [7, 11) is 1.25. The summed E-state index contributed by atoms with van der Waals surface area (Å²) < 4.78 is 5.98. The third kappa shape index (κ3) is 3.55. The summed E-state index contributed by atoms with van der Waals surface area (Å²) in [5.74, 6) is -0.603. The predicted octanol–water partition coefficient (Wildman–Crippen LogP) is 2.99. The van der Waals surface area contributed by atoms with Crippen molar-refractivity contribution in [1.82, 2.24) is 9.55 Å². The van der Waals surface area contributed by atoms with Gasteiger partial charge in [0.05, 0.1) is 24.9 Å². The highest BCUT2D eigenvalue weighted by molar-refractivity contribution is 7.13. The zero-order valence-electron chi connectivity index (χ0n) is 14.2. The third-order valence-corrected chi connectivity index (χ3v) is 4.75. The Morgan fingerprint density at radius 2 is 2.08 bits per heavy atom. The van der Waals surface area contributed by atoms with E-state index in [1.807, 2.05) is 42.6 Å². The van der Waals surface area contributed by atoms with Crippen LogP contribution in [0, 0.1) is 18.3 Å². The highest BCUT2D eigenvalue weighted by atomic mass is 32.1. The Labute approximate surface area is 153 Å². The Morgan fingerprint density at radius 3 is 2.73 bits per heavy atom. The summed E-state index contributed by atoms with van der Waals surface area (Å²) in [6.45, 7) is 2.19. The molecule has 0 aliphatic carbocycles. The fourth-order valence-electron chi connectivity index (χ4n) is 2.45. The Morgan fingerprint density at radius 1 is 1.35 bits per heavy atom. The van der Waals surface area contributed by atoms with Crippen molar-refractivity contribution < 1.29 is 9.53 Å². The molecule has 0 spiro atoms. The van der Waals surface area contributed by atoms with E-state index in [1.54, 1.807) is 0 Å². The molecule has 0 N–H and O–H groups in total. The second-order valence-electron chi connectivity index (χ2n) is 5.69. The molecule has 0 aliphatic heterocycles. The van der Waals surface area contributed by atoms with Crippen LogP contribution in [-0.4, -0.2) is 22.6 Å². The number of hydrogen-bond donors (Lipinski definition) is 0. The number of thiazole rings is 1. The highest BCUT2D eigenvalue weighted by Crippen LogP contribution is 2.24. The molecule has 3 rings (SSSR count). The molecule has 0 radical (unpaired) electrons. The largest absolute Gasteiger partial charge is 0.465 e. The summed E-state index contributed by atoms with van der Waals surface area (Å²) >= 11 is 1.48. The number of ether oxygens (including phenoxy) is 1. The first kappa shape index (κ1) is 17.6. The Hall–Kier alpha value is -3.24. The molecule has 7 heteroatoms. The van der Waals surface area contributed by atoms with Crippen LogP contribution >= 0.6 is 11.3 Å². The smallest absolute Gasteiger partial charge is 0.339 e. The maximum Gasteiger partial charge on any atom is 0.339 e. The lowest BCUT2D eigenvalue weighted by Gasteiger charge is -2.07. The van der Waals surface area contributed by atoms with Crippen LogP contribution in [0.4, 0.5) is 0 Å². The number of rotatable bonds is 4. The van der Waals surface area contributed by atoms with E-state index in [9.17, 15) is 9.59 Å². The Balaban J connectivity index is 1.94. The first-order chi connectivity index (χ1) is 12.5. The van der Waals surface area contributed by atoms with Crippen LogP contribution in [0.2, 0.25) is 0 Å². The standard InChI is InChI=1S/C19H15N3O3S/c1-12-3-5-13(6-4-12)17-21-16(11-26-17)10-22-9-15(19(24)25-2)7-14(8-20)18(22)23/h3-7,9,11H,10H2,1-2H3. The van der Waals surface area contributed by atoms with Gasteiger partial charge in [-0.25, -0.2) is 9.78 Å². The van der Waals surface area contributed by atoms with Gasteiger partial charge in [-0.3, -0.25) is 4.79 Å². The van der Waals surface area contributed by atoms with Crippen LogP contribution in [-0.2, 0) is 11.3 Å². The molecule has 0 saturated heterocycles. The van der Waals surface area contributed by atoms with Gasteiger partial charge >= 0.3 is 5.97 Å². The minimum absolute atomic E-state index is 0.109. The maximum atomic E-state index is 12.3. The van der Waals surface area contributed by atoms with E-state index in [0.29, 0.717) is 5.69 Å². The minimum Gasteiger partial charge on any atom is -0.465 e. The predicted molar refractivity (Wildman–Crippen MR) is 98.1 cm³/mol. The van der Waals surface area contributed by atoms with Crippen molar-refractivity contribution in [2.24, 2.45) is 0 Å². The summed E-state index contributed by atoms with van der Waals surface area (Å²) in [5.41, 5.74) is 2.42. The van der Waals surface area contributed by atoms with Gasteiger partial charge in [0.15, 0.2) is 0 Å². The van der Waals surface area contributed by atoms with Gasteiger partial charge in [0, 0.05) is 17.1 Å². The number of methoxy groups -OCH3 is 1. The van der Waals surface area contributed by atoms with Crippen molar-refractivity contribution in [1.29, 1.82) is 5.26 Å². The molecule has 0 aliphatic rings. The van der Waals surface area contributed by atoms with Crippen LogP contribution < -0.4 is 5.56 Å². The first-order valence-electron chi connectivity index (χ1n) is 7.76. The number of nitriles is 1. The maximum absolute atomic E-state index is 12.3. The first-order valence-corrected chi connectivity index (χ1v) is 8.64. The van der Waals surface area contributed by atoms with E-state index < -0.39 is 11.5 Å². The molecular formula is C19H15N3O3S. The number of hydrogen-bond acceptors (Lipinski definition) is 6. The number of nitrogens with zero attached hydrogens (tertiary/aromatic N) is 3. The molecule has 2 heterocycles. The molecule has 0 saturated carbocycles. The normalized spacial score (nSPS) is 10.3. The van der Waals surface area contributed by atoms with Gasteiger partial charge in [-0.05, 0) is 13.0 Å². The number of carbonyl (C=O) groups is 1. The van der Waals surface area contributed by atoms with Crippen LogP contribution in [0.15, 0.2) is 46.7 Å². The van der Waals surface area contributed by atoms with Crippen LogP contribution in [0.5, 0.6) is 0 Å². The number of esters is 1. The van der Waals surface area contributed by atoms with Crippen molar-refractivity contribution in [2.75, 3.05) is 7.11 Å². The van der Waals surface area contributed by atoms with Gasteiger partial charge in [-0.1, -0.05) is 29.8 Å². The van der Waals surface area contributed by atoms with E-state index in [1.165, 1.54) is 40.8 Å². The molecule has 0 unspecified atom stereocenters. The van der Waals surface area contributed by atoms with Crippen molar-refractivity contribution in [3.05, 3.63) is 74.6 Å². The van der Waals surface area contributed by atoms with E-state index in [0.717, 1.165) is 10.6 Å². The lowest BCUT2D eigenvalue weighted by Crippen LogP contribution is -2.24. The molecule has 1 aromatic carbocycles. The molecule has 0 atom stereocenters. The molecule has 2 aromatic heterocycles. The highest BCUT2D eigenvalue weighted by Gasteiger charge is 2.14. The summed E-state index contributed by atoms with van der Waals surface area (Å²) in [4.78, 5) is 28.7. The molecule has 6 nitrogen and oxygen atoms in total. The van der Waals surface area contributed by atoms with Gasteiger partial charge in [0.2, 0.25) is 0 Å². The molecule has 0 fully saturated rings. The molecule has 130 valence electrons. The summed E-state index contributed by atoms with van der Waals surface area (Å²) in [6, 6.07) is 11.1. The van der Waals surface area contributed by atoms with Crippen molar-refractivity contribution >= 4 is 17.3 Å². The zero-order valence-corrected chi connectivity index (χ0v) is 15.0. The van der Waals surface area contributed by atoms with Gasteiger partial charge in [-0.2, -0.15) is 5.26 Å². The average molecular weight is 365 g/mol. The molecule has 3 aromatic rings. The number of carbonyl (C=O) groups excluding carboxylic acids is 1. The van der Waals surface area contributed by atoms with E-state index >= 15 is 0 Å². The fraction of sp³-hybridized carbons (Fsp3) is 0.158. The van der Waals surface area contributed by atoms with E-state index in [-0.39, 0.29) is 17.7 Å². The van der Waals surface area contributed by atoms with Crippen molar-refractivity contribution in [2.45, 2.75) is 13.5 Å². The second-order valence-corrected chi connectivity index (χ2v) is 6.55. The van der Waals surface area contributed by atoms with Gasteiger partial charge < -0.3 is 9.30 Å². The van der Waals surface area contributed by atoms with Gasteiger partial charge in [-0.15, -0.1) is 11.3 Å². The Bertz CT molecular complexity index is 1060. The Kier molecular flexibility index (Phi) is 4.96. The van der Waals surface area contributed by atoms with Crippen molar-refractivity contribution in [3.8, 4) is 16.6 Å². The summed E-state index contributed by atoms with van der Waals surface area (Å²) in [5, 5.41) is 11.8. The van der Waals surface area contributed by atoms with Crippen LogP contribution in [0.1, 0.15) is 27.2 Å². The van der Waals surface area contributed by atoms with Crippen molar-refractivity contribution in [3.63, 3.8) is 0 Å². The number of aromatic nitrogens is 2. The lowest BCUT2D eigenvalue weighted by molar-refractivity contribution is 0.0599. The third-order valence-electron chi connectivity index (χ3n) is 3.81. The average Bonchev–Trinajstić information content (AvgIpc) is 3.11. The van der Waals surface area contributed by atoms with Crippen LogP contribution in [0.3, 0.4) is 0 Å². The molecule has 26 heavy (non-hydrogen) atoms. The van der Waals surface area contributed by atoms with E-state index in [2.05, 4.69) is 9.72 Å². The summed E-state index contributed by atoms with van der Waals surface area (Å²) in [6.07, 6.45) is 1.39. The fourth-order valence-corrected chi connectivity index (χ4v) is 3.26. The second kappa shape index (κ2) is 7.33. The quantitative estimate of drug-likeness (QED) is 0.664. The number of benzene rings is 1. The molecular weight excluding hydrogens is 350 g/mol. The number of aryl methyl sites for hydroxylation is 1. The van der Waals surface area contributed by atoms with E-state index in [4.69, 9.17) is 5.26 Å². The minimum atomic E-state index is -0.603. The SMILES string of the molecule is COC(=O)c1cc(C#N)c(=O)n(Cc2csc(-c3ccc(C)cc3)n2)c1. The topological polar surface area (TPSA) is 85.0 Å². The molecule has 0 bridgehead atoms. The van der Waals surface area contributed by atoms with Gasteiger partial charge in [0.1, 0.15) is 16.6 Å². The van der Waals surface area contributed by atoms with Crippen LogP contribution in [0.25, 0.3) is 10.6 Å². The monoisotopic (exact) mass is 365 g/mol. The molecule has 0 amide bonds. The number of pyridine rings is 1. The van der Waals surface area contributed by atoms with Gasteiger partial charge in [0.25, 0.3) is 5.56 Å².